The molecule has 5 rings (SSSR count). The highest BCUT2D eigenvalue weighted by Crippen LogP contribution is 2.45. The van der Waals surface area contributed by atoms with E-state index in [1.165, 1.54) is 23.9 Å². The summed E-state index contributed by atoms with van der Waals surface area (Å²) in [6, 6.07) is 17.7. The van der Waals surface area contributed by atoms with Crippen LogP contribution in [0.15, 0.2) is 66.9 Å². The minimum atomic E-state index is -0.274. The number of anilines is 3. The third-order valence-corrected chi connectivity index (χ3v) is 8.09. The van der Waals surface area contributed by atoms with Gasteiger partial charge in [-0.3, -0.25) is 9.78 Å². The molecular weight excluding hydrogens is 530 g/mol. The Morgan fingerprint density at radius 2 is 2.00 bits per heavy atom. The maximum absolute atomic E-state index is 12.1. The van der Waals surface area contributed by atoms with Crippen molar-refractivity contribution in [1.82, 2.24) is 10.3 Å². The number of nitrogens with one attached hydrogen (secondary N) is 2. The summed E-state index contributed by atoms with van der Waals surface area (Å²) in [6.07, 6.45) is 4.10. The van der Waals surface area contributed by atoms with E-state index in [9.17, 15) is 4.79 Å². The molecule has 2 atom stereocenters. The van der Waals surface area contributed by atoms with Crippen LogP contribution >= 0.6 is 23.8 Å². The summed E-state index contributed by atoms with van der Waals surface area (Å²) in [7, 11) is 3.60. The molecule has 1 aromatic heterocycles. The van der Waals surface area contributed by atoms with Gasteiger partial charge in [0.15, 0.2) is 5.11 Å². The molecule has 3 aromatic rings. The molecule has 2 N–H and O–H groups in total. The van der Waals surface area contributed by atoms with Crippen LogP contribution in [0.5, 0.6) is 0 Å². The van der Waals surface area contributed by atoms with Crippen molar-refractivity contribution in [3.63, 3.8) is 0 Å². The quantitative estimate of drug-likeness (QED) is 0.351. The monoisotopic (exact) mass is 561 g/mol. The lowest BCUT2D eigenvalue weighted by atomic mass is 9.86. The molecule has 7 nitrogen and oxygen atoms in total. The number of carbonyl (C=O) groups is 1. The molecule has 3 heterocycles. The zero-order chi connectivity index (χ0) is 27.9. The van der Waals surface area contributed by atoms with Crippen LogP contribution in [0.2, 0.25) is 5.02 Å². The molecule has 0 unspecified atom stereocenters. The number of hydrogen-bond acceptors (Lipinski definition) is 5. The highest BCUT2D eigenvalue weighted by molar-refractivity contribution is 7.80. The van der Waals surface area contributed by atoms with Crippen molar-refractivity contribution >= 4 is 57.5 Å². The molecule has 1 saturated heterocycles. The number of methoxy groups -OCH3 is 1. The van der Waals surface area contributed by atoms with E-state index in [1.807, 2.05) is 30.3 Å². The van der Waals surface area contributed by atoms with Crippen LogP contribution in [-0.2, 0) is 9.53 Å². The first kappa shape index (κ1) is 27.1. The molecule has 2 aromatic carbocycles. The second kappa shape index (κ2) is 10.6. The SMILES string of the molecule is COCC(=O)Nc1ccc(N2C(=S)N[C@H](c3ccccn3)[C@@H]2c2ccc3c(c2)C(C)=CC(C)(C)N3C)cc1Cl. The van der Waals surface area contributed by atoms with Gasteiger partial charge in [0, 0.05) is 37.3 Å². The van der Waals surface area contributed by atoms with E-state index < -0.39 is 0 Å². The number of thiocarbonyl (C=S) groups is 1. The Balaban J connectivity index is 1.59. The summed E-state index contributed by atoms with van der Waals surface area (Å²) in [5, 5.41) is 7.27. The lowest BCUT2D eigenvalue weighted by Crippen LogP contribution is -2.42. The Labute approximate surface area is 239 Å². The third kappa shape index (κ3) is 5.12. The second-order valence-electron chi connectivity index (χ2n) is 10.5. The van der Waals surface area contributed by atoms with Crippen LogP contribution in [0.1, 0.15) is 49.7 Å². The maximum Gasteiger partial charge on any atom is 0.250 e. The van der Waals surface area contributed by atoms with E-state index in [-0.39, 0.29) is 30.1 Å². The van der Waals surface area contributed by atoms with Gasteiger partial charge in [-0.15, -0.1) is 0 Å². The van der Waals surface area contributed by atoms with Gasteiger partial charge in [-0.05, 0) is 86.6 Å². The number of aromatic nitrogens is 1. The zero-order valence-corrected chi connectivity index (χ0v) is 24.2. The highest BCUT2D eigenvalue weighted by Gasteiger charge is 2.41. The third-order valence-electron chi connectivity index (χ3n) is 7.46. The molecule has 9 heteroatoms. The maximum atomic E-state index is 12.1. The first-order valence-corrected chi connectivity index (χ1v) is 13.6. The number of benzene rings is 2. The molecule has 0 spiro atoms. The fraction of sp³-hybridized carbons (Fsp3) is 0.300. The number of amides is 1. The van der Waals surface area contributed by atoms with Crippen molar-refractivity contribution < 1.29 is 9.53 Å². The Bertz CT molecular complexity index is 1460. The summed E-state index contributed by atoms with van der Waals surface area (Å²) >= 11 is 12.5. The van der Waals surface area contributed by atoms with E-state index in [0.717, 1.165) is 16.9 Å². The number of halogens is 1. The Kier molecular flexibility index (Phi) is 7.37. The van der Waals surface area contributed by atoms with Crippen molar-refractivity contribution in [3.8, 4) is 0 Å². The van der Waals surface area contributed by atoms with Crippen molar-refractivity contribution in [2.45, 2.75) is 38.4 Å². The number of ether oxygens (including phenoxy) is 1. The van der Waals surface area contributed by atoms with Gasteiger partial charge in [0.1, 0.15) is 6.61 Å². The summed E-state index contributed by atoms with van der Waals surface area (Å²) < 4.78 is 4.92. The molecule has 0 bridgehead atoms. The number of allylic oxidation sites excluding steroid dienone is 1. The number of nitrogens with zero attached hydrogens (tertiary/aromatic N) is 3. The Hall–Kier alpha value is -3.46. The lowest BCUT2D eigenvalue weighted by molar-refractivity contribution is -0.119. The van der Waals surface area contributed by atoms with Crippen LogP contribution in [0.25, 0.3) is 5.57 Å². The lowest BCUT2D eigenvalue weighted by Gasteiger charge is -2.41. The van der Waals surface area contributed by atoms with Crippen LogP contribution in [0, 0.1) is 0 Å². The molecule has 2 aliphatic heterocycles. The number of carbonyl (C=O) groups excluding carboxylic acids is 1. The van der Waals surface area contributed by atoms with Crippen LogP contribution in [0.3, 0.4) is 0 Å². The van der Waals surface area contributed by atoms with Crippen LogP contribution < -0.4 is 20.4 Å². The number of likely N-dealkylation sites (N-methyl/N-ethyl adjacent to an activating group) is 1. The molecule has 202 valence electrons. The second-order valence-corrected chi connectivity index (χ2v) is 11.3. The van der Waals surface area contributed by atoms with Gasteiger partial charge in [-0.2, -0.15) is 0 Å². The first-order valence-electron chi connectivity index (χ1n) is 12.8. The number of hydrogen-bond donors (Lipinski definition) is 2. The molecule has 39 heavy (non-hydrogen) atoms. The van der Waals surface area contributed by atoms with Gasteiger partial charge < -0.3 is 25.2 Å². The van der Waals surface area contributed by atoms with E-state index in [4.69, 9.17) is 28.6 Å². The van der Waals surface area contributed by atoms with E-state index in [1.54, 1.807) is 12.3 Å². The van der Waals surface area contributed by atoms with Crippen LogP contribution in [-0.4, -0.2) is 42.3 Å². The molecule has 1 fully saturated rings. The van der Waals surface area contributed by atoms with Gasteiger partial charge in [0.2, 0.25) is 5.91 Å². The van der Waals surface area contributed by atoms with Crippen molar-refractivity contribution in [1.29, 1.82) is 0 Å². The average Bonchev–Trinajstić information content (AvgIpc) is 3.25. The van der Waals surface area contributed by atoms with E-state index in [2.05, 4.69) is 77.5 Å². The fourth-order valence-corrected chi connectivity index (χ4v) is 5.97. The molecule has 2 aliphatic rings. The summed E-state index contributed by atoms with van der Waals surface area (Å²) in [4.78, 5) is 21.1. The topological polar surface area (TPSA) is 69.7 Å². The highest BCUT2D eigenvalue weighted by atomic mass is 35.5. The van der Waals surface area contributed by atoms with E-state index in [0.29, 0.717) is 15.8 Å². The molecule has 0 saturated carbocycles. The average molecular weight is 562 g/mol. The summed E-state index contributed by atoms with van der Waals surface area (Å²) in [5.74, 6) is -0.274. The molecule has 0 radical (unpaired) electrons. The number of pyridine rings is 1. The van der Waals surface area contributed by atoms with Gasteiger partial charge in [-0.25, -0.2) is 0 Å². The minimum absolute atomic E-state index is 0.0510. The number of fused-ring (bicyclic) bond motifs is 1. The van der Waals surface area contributed by atoms with Crippen molar-refractivity contribution in [3.05, 3.63) is 88.7 Å². The standard InChI is InChI=1S/C30H32ClN5O2S/c1-18-16-30(2,3)35(4)25-12-9-19(14-21(18)25)28-27(24-8-6-7-13-32-24)34-29(39)36(28)20-10-11-23(22(31)15-20)33-26(37)17-38-5/h6-16,27-28H,17H2,1-5H3,(H,33,37)(H,34,39)/t27-,28+/m1/s1. The van der Waals surface area contributed by atoms with Crippen LogP contribution in [0.4, 0.5) is 17.1 Å². The predicted octanol–water partition coefficient (Wildman–Crippen LogP) is 6.13. The normalized spacial score (nSPS) is 19.8. The predicted molar refractivity (Wildman–Crippen MR) is 162 cm³/mol. The fourth-order valence-electron chi connectivity index (χ4n) is 5.41. The smallest absolute Gasteiger partial charge is 0.250 e. The molecule has 1 amide bonds. The minimum Gasteiger partial charge on any atom is -0.375 e. The van der Waals surface area contributed by atoms with Crippen molar-refractivity contribution in [2.75, 3.05) is 35.9 Å². The molecule has 0 aliphatic carbocycles. The van der Waals surface area contributed by atoms with Crippen molar-refractivity contribution in [2.24, 2.45) is 0 Å². The summed E-state index contributed by atoms with van der Waals surface area (Å²) in [5.41, 5.74) is 6.88. The van der Waals surface area contributed by atoms with Gasteiger partial charge in [0.05, 0.1) is 34.0 Å². The zero-order valence-electron chi connectivity index (χ0n) is 22.7. The Morgan fingerprint density at radius 3 is 2.69 bits per heavy atom. The van der Waals surface area contributed by atoms with E-state index >= 15 is 0 Å². The Morgan fingerprint density at radius 1 is 1.21 bits per heavy atom. The van der Waals surface area contributed by atoms with Gasteiger partial charge in [-0.1, -0.05) is 29.8 Å². The molecular formula is C30H32ClN5O2S. The first-order chi connectivity index (χ1) is 18.6. The van der Waals surface area contributed by atoms with Gasteiger partial charge in [0.25, 0.3) is 0 Å². The number of rotatable bonds is 6. The largest absolute Gasteiger partial charge is 0.375 e. The summed E-state index contributed by atoms with van der Waals surface area (Å²) in [6.45, 7) is 6.55. The van der Waals surface area contributed by atoms with Gasteiger partial charge >= 0.3 is 0 Å².